The Hall–Kier alpha value is -4.28. The first-order valence-electron chi connectivity index (χ1n) is 8.27. The number of hydrogen-bond acceptors (Lipinski definition) is 8. The number of phenols is 2. The number of para-hydroxylation sites is 2. The molecular formula is C18H18N6O5. The van der Waals surface area contributed by atoms with Gasteiger partial charge in [-0.1, -0.05) is 24.3 Å². The Balaban J connectivity index is 1.79. The van der Waals surface area contributed by atoms with E-state index in [1.54, 1.807) is 36.4 Å². The summed E-state index contributed by atoms with van der Waals surface area (Å²) in [4.78, 5) is 34.4. The molecule has 11 nitrogen and oxygen atoms in total. The van der Waals surface area contributed by atoms with Gasteiger partial charge in [-0.25, -0.2) is 15.9 Å². The predicted molar refractivity (Wildman–Crippen MR) is 105 cm³/mol. The molecule has 0 atom stereocenters. The van der Waals surface area contributed by atoms with E-state index in [1.165, 1.54) is 24.6 Å². The van der Waals surface area contributed by atoms with E-state index in [4.69, 9.17) is 0 Å². The lowest BCUT2D eigenvalue weighted by molar-refractivity contribution is -0.125. The molecule has 0 heterocycles. The molecule has 2 aromatic rings. The SMILES string of the molecule is O=NN(CC(=O)N/N=C\c1ccccc1O)CC(=O)N/N=C\c1ccccc1O. The van der Waals surface area contributed by atoms with Crippen LogP contribution in [0, 0.1) is 4.91 Å². The molecule has 0 saturated carbocycles. The van der Waals surface area contributed by atoms with Crippen molar-refractivity contribution in [2.24, 2.45) is 15.5 Å². The number of nitrogens with one attached hydrogen (secondary N) is 2. The van der Waals surface area contributed by atoms with E-state index in [-0.39, 0.29) is 11.5 Å². The maximum Gasteiger partial charge on any atom is 0.261 e. The maximum atomic E-state index is 11.8. The quantitative estimate of drug-likeness (QED) is 0.276. The predicted octanol–water partition coefficient (Wildman–Crippen LogP) is 0.682. The fourth-order valence-corrected chi connectivity index (χ4v) is 2.06. The van der Waals surface area contributed by atoms with Gasteiger partial charge in [0.05, 0.1) is 17.7 Å². The number of rotatable bonds is 9. The summed E-state index contributed by atoms with van der Waals surface area (Å²) in [6.07, 6.45) is 2.46. The first kappa shape index (κ1) is 21.0. The van der Waals surface area contributed by atoms with Crippen LogP contribution in [0.2, 0.25) is 0 Å². The second-order valence-corrected chi connectivity index (χ2v) is 5.61. The molecule has 2 amide bonds. The molecule has 0 spiro atoms. The molecule has 0 aromatic heterocycles. The van der Waals surface area contributed by atoms with Gasteiger partial charge in [0.2, 0.25) is 0 Å². The highest BCUT2D eigenvalue weighted by atomic mass is 16.3. The van der Waals surface area contributed by atoms with E-state index >= 15 is 0 Å². The van der Waals surface area contributed by atoms with Gasteiger partial charge >= 0.3 is 0 Å². The molecule has 0 bridgehead atoms. The molecule has 4 N–H and O–H groups in total. The number of aromatic hydroxyl groups is 2. The van der Waals surface area contributed by atoms with Gasteiger partial charge in [0.1, 0.15) is 24.6 Å². The van der Waals surface area contributed by atoms with Crippen LogP contribution < -0.4 is 10.9 Å². The molecule has 29 heavy (non-hydrogen) atoms. The van der Waals surface area contributed by atoms with Crippen LogP contribution in [0.3, 0.4) is 0 Å². The normalized spacial score (nSPS) is 10.8. The molecule has 150 valence electrons. The summed E-state index contributed by atoms with van der Waals surface area (Å²) in [6, 6.07) is 12.7. The molecule has 2 aromatic carbocycles. The maximum absolute atomic E-state index is 11.8. The summed E-state index contributed by atoms with van der Waals surface area (Å²) < 4.78 is 0. The molecular weight excluding hydrogens is 380 g/mol. The number of nitroso groups, excluding NO2 is 1. The lowest BCUT2D eigenvalue weighted by atomic mass is 10.2. The van der Waals surface area contributed by atoms with Crippen molar-refractivity contribution in [2.75, 3.05) is 13.1 Å². The van der Waals surface area contributed by atoms with Crippen molar-refractivity contribution in [3.63, 3.8) is 0 Å². The molecule has 0 aliphatic rings. The summed E-state index contributed by atoms with van der Waals surface area (Å²) in [7, 11) is 0. The van der Waals surface area contributed by atoms with E-state index in [9.17, 15) is 24.7 Å². The van der Waals surface area contributed by atoms with Gasteiger partial charge in [0, 0.05) is 11.1 Å². The van der Waals surface area contributed by atoms with Gasteiger partial charge in [-0.05, 0) is 24.3 Å². The van der Waals surface area contributed by atoms with Crippen molar-refractivity contribution in [3.8, 4) is 11.5 Å². The van der Waals surface area contributed by atoms with Crippen molar-refractivity contribution < 1.29 is 19.8 Å². The van der Waals surface area contributed by atoms with Gasteiger partial charge in [-0.2, -0.15) is 10.2 Å². The highest BCUT2D eigenvalue weighted by Crippen LogP contribution is 2.13. The zero-order chi connectivity index (χ0) is 21.1. The number of phenolic OH excluding ortho intramolecular Hbond substituents is 2. The standard InChI is InChI=1S/C18H18N6O5/c25-15-7-3-1-5-13(15)9-19-21-17(27)11-24(23-29)12-18(28)22-20-10-14-6-2-4-8-16(14)26/h1-10,25-26H,11-12H2,(H,21,27)(H,22,28)/b19-9-,20-10-. The Morgan fingerprint density at radius 1 is 0.828 bits per heavy atom. The van der Waals surface area contributed by atoms with Crippen LogP contribution in [0.15, 0.2) is 64.0 Å². The molecule has 0 radical (unpaired) electrons. The molecule has 0 fully saturated rings. The monoisotopic (exact) mass is 398 g/mol. The lowest BCUT2D eigenvalue weighted by Gasteiger charge is -2.12. The largest absolute Gasteiger partial charge is 0.507 e. The average Bonchev–Trinajstić information content (AvgIpc) is 2.70. The summed E-state index contributed by atoms with van der Waals surface area (Å²) in [5, 5.41) is 29.8. The van der Waals surface area contributed by atoms with E-state index < -0.39 is 24.9 Å². The fourth-order valence-electron chi connectivity index (χ4n) is 2.06. The molecule has 0 saturated heterocycles. The second-order valence-electron chi connectivity index (χ2n) is 5.61. The van der Waals surface area contributed by atoms with Gasteiger partial charge in [0.15, 0.2) is 0 Å². The van der Waals surface area contributed by atoms with Crippen LogP contribution in [0.5, 0.6) is 11.5 Å². The summed E-state index contributed by atoms with van der Waals surface area (Å²) in [6.45, 7) is -1.03. The van der Waals surface area contributed by atoms with Crippen molar-refractivity contribution in [1.82, 2.24) is 15.9 Å². The molecule has 0 aliphatic carbocycles. The van der Waals surface area contributed by atoms with Crippen molar-refractivity contribution in [2.45, 2.75) is 0 Å². The van der Waals surface area contributed by atoms with Crippen molar-refractivity contribution in [1.29, 1.82) is 0 Å². The van der Waals surface area contributed by atoms with Crippen LogP contribution in [0.25, 0.3) is 0 Å². The number of hydrazone groups is 2. The van der Waals surface area contributed by atoms with Crippen LogP contribution >= 0.6 is 0 Å². The zero-order valence-electron chi connectivity index (χ0n) is 15.1. The third-order valence-electron chi connectivity index (χ3n) is 3.43. The van der Waals surface area contributed by atoms with E-state index in [0.717, 1.165) is 0 Å². The van der Waals surface area contributed by atoms with E-state index in [0.29, 0.717) is 16.1 Å². The molecule has 11 heteroatoms. The van der Waals surface area contributed by atoms with Crippen molar-refractivity contribution in [3.05, 3.63) is 64.6 Å². The third kappa shape index (κ3) is 7.09. The Morgan fingerprint density at radius 2 is 1.24 bits per heavy atom. The average molecular weight is 398 g/mol. The molecule has 0 unspecified atom stereocenters. The smallest absolute Gasteiger partial charge is 0.261 e. The van der Waals surface area contributed by atoms with E-state index in [1.807, 2.05) is 0 Å². The Morgan fingerprint density at radius 3 is 1.62 bits per heavy atom. The van der Waals surface area contributed by atoms with Crippen LogP contribution in [-0.4, -0.2) is 52.6 Å². The number of nitrogens with zero attached hydrogens (tertiary/aromatic N) is 4. The van der Waals surface area contributed by atoms with Gasteiger partial charge in [-0.15, -0.1) is 4.91 Å². The first-order chi connectivity index (χ1) is 14.0. The summed E-state index contributed by atoms with van der Waals surface area (Å²) in [5.41, 5.74) is 5.09. The molecule has 0 aliphatic heterocycles. The topological polar surface area (TPSA) is 156 Å². The Bertz CT molecular complexity index is 859. The Kier molecular flexibility index (Phi) is 7.81. The van der Waals surface area contributed by atoms with Gasteiger partial charge in [-0.3, -0.25) is 9.59 Å². The van der Waals surface area contributed by atoms with Crippen LogP contribution in [-0.2, 0) is 9.59 Å². The van der Waals surface area contributed by atoms with E-state index in [2.05, 4.69) is 26.3 Å². The minimum Gasteiger partial charge on any atom is -0.507 e. The number of carbonyl (C=O) groups excluding carboxylic acids is 2. The van der Waals surface area contributed by atoms with Gasteiger partial charge in [0.25, 0.3) is 11.8 Å². The second kappa shape index (κ2) is 10.8. The summed E-state index contributed by atoms with van der Waals surface area (Å²) >= 11 is 0. The minimum atomic E-state index is -0.693. The first-order valence-corrected chi connectivity index (χ1v) is 8.27. The lowest BCUT2D eigenvalue weighted by Crippen LogP contribution is -2.38. The Labute approximate surface area is 165 Å². The fraction of sp³-hybridized carbons (Fsp3) is 0.111. The highest BCUT2D eigenvalue weighted by molar-refractivity contribution is 5.86. The molecule has 2 rings (SSSR count). The number of amides is 2. The number of benzene rings is 2. The number of hydrogen-bond donors (Lipinski definition) is 4. The third-order valence-corrected chi connectivity index (χ3v) is 3.43. The zero-order valence-corrected chi connectivity index (χ0v) is 15.1. The summed E-state index contributed by atoms with van der Waals surface area (Å²) in [5.74, 6) is -1.41. The number of carbonyl (C=O) groups is 2. The highest BCUT2D eigenvalue weighted by Gasteiger charge is 2.13. The van der Waals surface area contributed by atoms with Gasteiger partial charge < -0.3 is 10.2 Å². The minimum absolute atomic E-state index is 0.0114. The van der Waals surface area contributed by atoms with Crippen molar-refractivity contribution >= 4 is 24.2 Å². The van der Waals surface area contributed by atoms with Crippen LogP contribution in [0.1, 0.15) is 11.1 Å². The van der Waals surface area contributed by atoms with Crippen LogP contribution in [0.4, 0.5) is 0 Å².